The molecule has 90 valence electrons. The fourth-order valence-electron chi connectivity index (χ4n) is 0.928. The standard InChI is InChI=1S/C11H23NO3/c1-10(2,12-5)8-15-11(3,4)7-6-9(13)14/h12H,6-8H2,1-5H3,(H,13,14). The van der Waals surface area contributed by atoms with Crippen LogP contribution in [0.15, 0.2) is 0 Å². The summed E-state index contributed by atoms with van der Waals surface area (Å²) in [7, 11) is 1.88. The molecule has 0 saturated carbocycles. The second-order valence-corrected chi connectivity index (χ2v) is 5.08. The van der Waals surface area contributed by atoms with Crippen LogP contribution in [0.4, 0.5) is 0 Å². The van der Waals surface area contributed by atoms with Gasteiger partial charge in [0.15, 0.2) is 0 Å². The number of likely N-dealkylation sites (N-methyl/N-ethyl adjacent to an activating group) is 1. The predicted octanol–water partition coefficient (Wildman–Crippen LogP) is 1.64. The van der Waals surface area contributed by atoms with E-state index in [0.717, 1.165) is 0 Å². The Hall–Kier alpha value is -0.610. The van der Waals surface area contributed by atoms with Crippen molar-refractivity contribution in [3.8, 4) is 0 Å². The van der Waals surface area contributed by atoms with Gasteiger partial charge in [0, 0.05) is 12.0 Å². The van der Waals surface area contributed by atoms with Crippen molar-refractivity contribution in [3.05, 3.63) is 0 Å². The highest BCUT2D eigenvalue weighted by Gasteiger charge is 2.24. The zero-order valence-electron chi connectivity index (χ0n) is 10.4. The molecule has 0 aromatic heterocycles. The van der Waals surface area contributed by atoms with E-state index in [1.54, 1.807) is 0 Å². The molecule has 0 rings (SSSR count). The summed E-state index contributed by atoms with van der Waals surface area (Å²) in [6.07, 6.45) is 0.676. The molecule has 0 spiro atoms. The molecule has 0 radical (unpaired) electrons. The zero-order chi connectivity index (χ0) is 12.1. The van der Waals surface area contributed by atoms with Crippen LogP contribution in [0.1, 0.15) is 40.5 Å². The highest BCUT2D eigenvalue weighted by atomic mass is 16.5. The number of carbonyl (C=O) groups is 1. The van der Waals surface area contributed by atoms with Gasteiger partial charge < -0.3 is 15.2 Å². The molecule has 0 aliphatic carbocycles. The quantitative estimate of drug-likeness (QED) is 0.680. The number of carboxylic acid groups (broad SMARTS) is 1. The summed E-state index contributed by atoms with van der Waals surface area (Å²) in [5.74, 6) is -0.778. The Morgan fingerprint density at radius 1 is 1.33 bits per heavy atom. The van der Waals surface area contributed by atoms with Crippen molar-refractivity contribution in [2.24, 2.45) is 0 Å². The minimum absolute atomic E-state index is 0.0828. The Labute approximate surface area is 92.0 Å². The molecule has 0 heterocycles. The lowest BCUT2D eigenvalue weighted by atomic mass is 10.0. The van der Waals surface area contributed by atoms with E-state index >= 15 is 0 Å². The Balaban J connectivity index is 3.98. The summed E-state index contributed by atoms with van der Waals surface area (Å²) in [4.78, 5) is 10.4. The van der Waals surface area contributed by atoms with Gasteiger partial charge in [-0.2, -0.15) is 0 Å². The Morgan fingerprint density at radius 3 is 2.27 bits per heavy atom. The predicted molar refractivity (Wildman–Crippen MR) is 60.0 cm³/mol. The van der Waals surface area contributed by atoms with Crippen LogP contribution in [0.2, 0.25) is 0 Å². The van der Waals surface area contributed by atoms with Gasteiger partial charge in [0.1, 0.15) is 0 Å². The highest BCUT2D eigenvalue weighted by molar-refractivity contribution is 5.66. The molecule has 15 heavy (non-hydrogen) atoms. The fourth-order valence-corrected chi connectivity index (χ4v) is 0.928. The number of hydrogen-bond donors (Lipinski definition) is 2. The first-order chi connectivity index (χ1) is 6.68. The van der Waals surface area contributed by atoms with Crippen LogP contribution in [-0.2, 0) is 9.53 Å². The van der Waals surface area contributed by atoms with Gasteiger partial charge in [0.2, 0.25) is 0 Å². The van der Waals surface area contributed by atoms with Crippen molar-refractivity contribution >= 4 is 5.97 Å². The molecule has 4 heteroatoms. The van der Waals surface area contributed by atoms with Gasteiger partial charge in [-0.15, -0.1) is 0 Å². The zero-order valence-corrected chi connectivity index (χ0v) is 10.4. The van der Waals surface area contributed by atoms with Gasteiger partial charge in [-0.3, -0.25) is 4.79 Å². The molecule has 0 atom stereocenters. The van der Waals surface area contributed by atoms with Crippen molar-refractivity contribution in [2.75, 3.05) is 13.7 Å². The normalized spacial score (nSPS) is 12.9. The summed E-state index contributed by atoms with van der Waals surface area (Å²) < 4.78 is 5.71. The molecule has 2 N–H and O–H groups in total. The lowest BCUT2D eigenvalue weighted by Gasteiger charge is -2.31. The van der Waals surface area contributed by atoms with E-state index in [2.05, 4.69) is 5.32 Å². The van der Waals surface area contributed by atoms with E-state index in [4.69, 9.17) is 9.84 Å². The van der Waals surface area contributed by atoms with Crippen LogP contribution in [0.25, 0.3) is 0 Å². The van der Waals surface area contributed by atoms with Crippen LogP contribution < -0.4 is 5.32 Å². The molecule has 0 aliphatic heterocycles. The van der Waals surface area contributed by atoms with E-state index in [9.17, 15) is 4.79 Å². The topological polar surface area (TPSA) is 58.6 Å². The summed E-state index contributed by atoms with van der Waals surface area (Å²) in [6, 6.07) is 0. The number of rotatable bonds is 7. The van der Waals surface area contributed by atoms with Crippen LogP contribution >= 0.6 is 0 Å². The van der Waals surface area contributed by atoms with E-state index in [0.29, 0.717) is 13.0 Å². The minimum Gasteiger partial charge on any atom is -0.481 e. The average molecular weight is 217 g/mol. The van der Waals surface area contributed by atoms with Crippen molar-refractivity contribution in [2.45, 2.75) is 51.7 Å². The Bertz CT molecular complexity index is 212. The molecular formula is C11H23NO3. The lowest BCUT2D eigenvalue weighted by Crippen LogP contribution is -2.43. The smallest absolute Gasteiger partial charge is 0.303 e. The second kappa shape index (κ2) is 5.47. The minimum atomic E-state index is -0.778. The third-order valence-electron chi connectivity index (χ3n) is 2.44. The lowest BCUT2D eigenvalue weighted by molar-refractivity contribution is -0.139. The maximum absolute atomic E-state index is 10.4. The fraction of sp³-hybridized carbons (Fsp3) is 0.909. The number of hydrogen-bond acceptors (Lipinski definition) is 3. The third-order valence-corrected chi connectivity index (χ3v) is 2.44. The molecular weight excluding hydrogens is 194 g/mol. The van der Waals surface area contributed by atoms with Crippen LogP contribution in [0.3, 0.4) is 0 Å². The van der Waals surface area contributed by atoms with E-state index in [-0.39, 0.29) is 17.6 Å². The average Bonchev–Trinajstić information content (AvgIpc) is 2.13. The molecule has 0 unspecified atom stereocenters. The van der Waals surface area contributed by atoms with Crippen LogP contribution in [0, 0.1) is 0 Å². The van der Waals surface area contributed by atoms with Gasteiger partial charge in [-0.05, 0) is 41.2 Å². The maximum Gasteiger partial charge on any atom is 0.303 e. The number of aliphatic carboxylic acids is 1. The van der Waals surface area contributed by atoms with Crippen LogP contribution in [0.5, 0.6) is 0 Å². The number of nitrogens with one attached hydrogen (secondary N) is 1. The molecule has 0 aromatic rings. The number of carboxylic acids is 1. The first-order valence-corrected chi connectivity index (χ1v) is 5.23. The molecule has 0 aromatic carbocycles. The molecule has 0 amide bonds. The SMILES string of the molecule is CNC(C)(C)COC(C)(C)CCC(=O)O. The van der Waals surface area contributed by atoms with Gasteiger partial charge in [0.05, 0.1) is 12.2 Å². The van der Waals surface area contributed by atoms with E-state index in [1.165, 1.54) is 0 Å². The Kier molecular flexibility index (Phi) is 5.24. The summed E-state index contributed by atoms with van der Waals surface area (Å²) in [5, 5.41) is 11.7. The summed E-state index contributed by atoms with van der Waals surface area (Å²) in [6.45, 7) is 8.49. The second-order valence-electron chi connectivity index (χ2n) is 5.08. The summed E-state index contributed by atoms with van der Waals surface area (Å²) in [5.41, 5.74) is -0.465. The van der Waals surface area contributed by atoms with E-state index in [1.807, 2.05) is 34.7 Å². The molecule has 0 saturated heterocycles. The first-order valence-electron chi connectivity index (χ1n) is 5.23. The Morgan fingerprint density at radius 2 is 1.87 bits per heavy atom. The molecule has 0 fully saturated rings. The van der Waals surface area contributed by atoms with Gasteiger partial charge in [-0.1, -0.05) is 0 Å². The molecule has 0 aliphatic rings. The maximum atomic E-state index is 10.4. The van der Waals surface area contributed by atoms with Crippen molar-refractivity contribution in [1.82, 2.24) is 5.32 Å². The monoisotopic (exact) mass is 217 g/mol. The van der Waals surface area contributed by atoms with E-state index < -0.39 is 5.97 Å². The van der Waals surface area contributed by atoms with Crippen molar-refractivity contribution in [1.29, 1.82) is 0 Å². The third kappa shape index (κ3) is 7.33. The van der Waals surface area contributed by atoms with Gasteiger partial charge in [0.25, 0.3) is 0 Å². The molecule has 4 nitrogen and oxygen atoms in total. The number of ether oxygens (including phenoxy) is 1. The summed E-state index contributed by atoms with van der Waals surface area (Å²) >= 11 is 0. The first kappa shape index (κ1) is 14.4. The largest absolute Gasteiger partial charge is 0.481 e. The van der Waals surface area contributed by atoms with Crippen LogP contribution in [-0.4, -0.2) is 35.9 Å². The van der Waals surface area contributed by atoms with Crippen molar-refractivity contribution in [3.63, 3.8) is 0 Å². The van der Waals surface area contributed by atoms with Gasteiger partial charge >= 0.3 is 5.97 Å². The highest BCUT2D eigenvalue weighted by Crippen LogP contribution is 2.18. The van der Waals surface area contributed by atoms with Crippen molar-refractivity contribution < 1.29 is 14.6 Å². The van der Waals surface area contributed by atoms with Gasteiger partial charge in [-0.25, -0.2) is 0 Å². The molecule has 0 bridgehead atoms.